The minimum absolute atomic E-state index is 0.0350. The molecule has 0 radical (unpaired) electrons. The van der Waals surface area contributed by atoms with E-state index in [1.165, 1.54) is 20.0 Å². The molecule has 0 aliphatic heterocycles. The first kappa shape index (κ1) is 15.3. The molecule has 1 amide bonds. The molecule has 1 aliphatic rings. The highest BCUT2D eigenvalue weighted by atomic mass is 32.2. The Morgan fingerprint density at radius 3 is 2.78 bits per heavy atom. The topological polar surface area (TPSA) is 55.4 Å². The maximum Gasteiger partial charge on any atom is 0.306 e. The van der Waals surface area contributed by atoms with Crippen LogP contribution in [-0.2, 0) is 14.3 Å². The molecule has 1 aliphatic carbocycles. The molecule has 0 aromatic carbocycles. The summed E-state index contributed by atoms with van der Waals surface area (Å²) in [7, 11) is 1.34. The Bertz CT molecular complexity index is 296. The van der Waals surface area contributed by atoms with Gasteiger partial charge in [0.2, 0.25) is 5.91 Å². The van der Waals surface area contributed by atoms with E-state index in [0.717, 1.165) is 12.8 Å². The SMILES string of the molecule is COC(=O)C[C@H](C)C(=O)N[C@@H]1CCC[C@H](SC)C1. The van der Waals surface area contributed by atoms with Crippen molar-refractivity contribution in [1.29, 1.82) is 0 Å². The van der Waals surface area contributed by atoms with E-state index >= 15 is 0 Å². The van der Waals surface area contributed by atoms with Gasteiger partial charge in [-0.3, -0.25) is 9.59 Å². The van der Waals surface area contributed by atoms with Crippen molar-refractivity contribution in [3.8, 4) is 0 Å². The van der Waals surface area contributed by atoms with Crippen LogP contribution in [0.3, 0.4) is 0 Å². The number of hydrogen-bond acceptors (Lipinski definition) is 4. The first-order valence-corrected chi connectivity index (χ1v) is 7.75. The molecule has 104 valence electrons. The second-order valence-corrected chi connectivity index (χ2v) is 6.05. The Morgan fingerprint density at radius 2 is 2.17 bits per heavy atom. The number of ether oxygens (including phenoxy) is 1. The summed E-state index contributed by atoms with van der Waals surface area (Å²) in [5, 5.41) is 3.71. The Kier molecular flexibility index (Phi) is 6.54. The Hall–Kier alpha value is -0.710. The Labute approximate surface area is 113 Å². The summed E-state index contributed by atoms with van der Waals surface area (Å²) in [6.45, 7) is 1.77. The highest BCUT2D eigenvalue weighted by Crippen LogP contribution is 2.27. The molecule has 18 heavy (non-hydrogen) atoms. The zero-order valence-electron chi connectivity index (χ0n) is 11.4. The maximum atomic E-state index is 11.9. The van der Waals surface area contributed by atoms with Gasteiger partial charge in [-0.1, -0.05) is 13.3 Å². The molecule has 5 heteroatoms. The molecule has 3 atom stereocenters. The van der Waals surface area contributed by atoms with E-state index in [9.17, 15) is 9.59 Å². The number of carbonyl (C=O) groups is 2. The molecule has 0 bridgehead atoms. The number of amides is 1. The van der Waals surface area contributed by atoms with Gasteiger partial charge in [0, 0.05) is 17.2 Å². The molecule has 1 saturated carbocycles. The van der Waals surface area contributed by atoms with Gasteiger partial charge in [0.15, 0.2) is 0 Å². The number of esters is 1. The maximum absolute atomic E-state index is 11.9. The summed E-state index contributed by atoms with van der Waals surface area (Å²) in [4.78, 5) is 23.0. The van der Waals surface area contributed by atoms with E-state index in [4.69, 9.17) is 0 Å². The lowest BCUT2D eigenvalue weighted by Crippen LogP contribution is -2.42. The van der Waals surface area contributed by atoms with Crippen molar-refractivity contribution in [3.05, 3.63) is 0 Å². The number of rotatable bonds is 5. The van der Waals surface area contributed by atoms with Crippen LogP contribution in [0.4, 0.5) is 0 Å². The van der Waals surface area contributed by atoms with Gasteiger partial charge in [0.1, 0.15) is 0 Å². The van der Waals surface area contributed by atoms with E-state index in [2.05, 4.69) is 16.3 Å². The van der Waals surface area contributed by atoms with Crippen molar-refractivity contribution < 1.29 is 14.3 Å². The number of carbonyl (C=O) groups excluding carboxylic acids is 2. The molecule has 0 aromatic rings. The minimum atomic E-state index is -0.330. The van der Waals surface area contributed by atoms with E-state index < -0.39 is 0 Å². The Morgan fingerprint density at radius 1 is 1.44 bits per heavy atom. The van der Waals surface area contributed by atoms with Crippen LogP contribution in [0.15, 0.2) is 0 Å². The smallest absolute Gasteiger partial charge is 0.306 e. The standard InChI is InChI=1S/C13H23NO3S/c1-9(7-12(15)17-2)13(16)14-10-5-4-6-11(8-10)18-3/h9-11H,4-8H2,1-3H3,(H,14,16)/t9-,10+,11-/m0/s1. The predicted octanol–water partition coefficient (Wildman–Crippen LogP) is 1.98. The van der Waals surface area contributed by atoms with Gasteiger partial charge in [-0.2, -0.15) is 11.8 Å². The van der Waals surface area contributed by atoms with Crippen LogP contribution in [0.1, 0.15) is 39.0 Å². The predicted molar refractivity (Wildman–Crippen MR) is 73.5 cm³/mol. The fourth-order valence-electron chi connectivity index (χ4n) is 2.26. The third kappa shape index (κ3) is 4.88. The molecule has 0 heterocycles. The molecule has 0 spiro atoms. The average molecular weight is 273 g/mol. The molecule has 1 N–H and O–H groups in total. The summed E-state index contributed by atoms with van der Waals surface area (Å²) in [6, 6.07) is 0.267. The molecule has 1 fully saturated rings. The Balaban J connectivity index is 2.36. The summed E-state index contributed by atoms with van der Waals surface area (Å²) < 4.78 is 4.57. The van der Waals surface area contributed by atoms with Crippen molar-refractivity contribution >= 4 is 23.6 Å². The van der Waals surface area contributed by atoms with Crippen LogP contribution in [0.5, 0.6) is 0 Å². The lowest BCUT2D eigenvalue weighted by molar-refractivity contribution is -0.144. The largest absolute Gasteiger partial charge is 0.469 e. The number of methoxy groups -OCH3 is 1. The minimum Gasteiger partial charge on any atom is -0.469 e. The zero-order chi connectivity index (χ0) is 13.5. The van der Waals surface area contributed by atoms with E-state index in [0.29, 0.717) is 5.25 Å². The molecule has 4 nitrogen and oxygen atoms in total. The fourth-order valence-corrected chi connectivity index (χ4v) is 3.09. The van der Waals surface area contributed by atoms with Gasteiger partial charge in [-0.05, 0) is 25.5 Å². The van der Waals surface area contributed by atoms with Crippen LogP contribution < -0.4 is 5.32 Å². The van der Waals surface area contributed by atoms with Crippen LogP contribution in [0.25, 0.3) is 0 Å². The molecular weight excluding hydrogens is 250 g/mol. The number of hydrogen-bond donors (Lipinski definition) is 1. The van der Waals surface area contributed by atoms with E-state index in [1.54, 1.807) is 6.92 Å². The van der Waals surface area contributed by atoms with Crippen molar-refractivity contribution in [1.82, 2.24) is 5.32 Å². The second-order valence-electron chi connectivity index (χ2n) is 4.91. The zero-order valence-corrected chi connectivity index (χ0v) is 12.2. The van der Waals surface area contributed by atoms with Crippen LogP contribution in [-0.4, -0.2) is 36.5 Å². The number of thioether (sulfide) groups is 1. The fraction of sp³-hybridized carbons (Fsp3) is 0.846. The summed E-state index contributed by atoms with van der Waals surface area (Å²) >= 11 is 1.87. The van der Waals surface area contributed by atoms with Gasteiger partial charge in [0.05, 0.1) is 13.5 Å². The van der Waals surface area contributed by atoms with Crippen molar-refractivity contribution in [2.75, 3.05) is 13.4 Å². The molecule has 1 rings (SSSR count). The van der Waals surface area contributed by atoms with E-state index in [-0.39, 0.29) is 30.3 Å². The van der Waals surface area contributed by atoms with Crippen LogP contribution in [0, 0.1) is 5.92 Å². The molecule has 0 unspecified atom stereocenters. The van der Waals surface area contributed by atoms with Crippen LogP contribution in [0.2, 0.25) is 0 Å². The van der Waals surface area contributed by atoms with Gasteiger partial charge in [-0.15, -0.1) is 0 Å². The molecule has 0 aromatic heterocycles. The monoisotopic (exact) mass is 273 g/mol. The second kappa shape index (κ2) is 7.67. The molecular formula is C13H23NO3S. The third-order valence-electron chi connectivity index (χ3n) is 3.45. The highest BCUT2D eigenvalue weighted by molar-refractivity contribution is 7.99. The summed E-state index contributed by atoms with van der Waals surface area (Å²) in [6.07, 6.45) is 6.77. The van der Waals surface area contributed by atoms with Gasteiger partial charge >= 0.3 is 5.97 Å². The highest BCUT2D eigenvalue weighted by Gasteiger charge is 2.25. The van der Waals surface area contributed by atoms with Crippen molar-refractivity contribution in [2.24, 2.45) is 5.92 Å². The first-order chi connectivity index (χ1) is 8.56. The number of nitrogens with one attached hydrogen (secondary N) is 1. The summed E-state index contributed by atoms with van der Waals surface area (Å²) in [5.74, 6) is -0.678. The van der Waals surface area contributed by atoms with Gasteiger partial charge < -0.3 is 10.1 Å². The first-order valence-electron chi connectivity index (χ1n) is 6.46. The van der Waals surface area contributed by atoms with Crippen molar-refractivity contribution in [3.63, 3.8) is 0 Å². The van der Waals surface area contributed by atoms with Crippen LogP contribution >= 0.6 is 11.8 Å². The molecule has 0 saturated heterocycles. The van der Waals surface area contributed by atoms with Gasteiger partial charge in [-0.25, -0.2) is 0 Å². The van der Waals surface area contributed by atoms with Gasteiger partial charge in [0.25, 0.3) is 0 Å². The quantitative estimate of drug-likeness (QED) is 0.778. The average Bonchev–Trinajstić information content (AvgIpc) is 2.38. The normalized spacial score (nSPS) is 25.3. The third-order valence-corrected chi connectivity index (χ3v) is 4.55. The lowest BCUT2D eigenvalue weighted by atomic mass is 9.94. The van der Waals surface area contributed by atoms with E-state index in [1.807, 2.05) is 11.8 Å². The lowest BCUT2D eigenvalue weighted by Gasteiger charge is -2.29. The summed E-state index contributed by atoms with van der Waals surface area (Å²) in [5.41, 5.74) is 0. The van der Waals surface area contributed by atoms with Crippen molar-refractivity contribution in [2.45, 2.75) is 50.3 Å².